The van der Waals surface area contributed by atoms with Crippen LogP contribution in [0.4, 0.5) is 0 Å². The number of thiophene rings is 1. The van der Waals surface area contributed by atoms with E-state index in [1.807, 2.05) is 30.3 Å². The van der Waals surface area contributed by atoms with Crippen LogP contribution in [0.5, 0.6) is 11.5 Å². The third-order valence-electron chi connectivity index (χ3n) is 9.15. The molecule has 9 aromatic rings. The van der Waals surface area contributed by atoms with Gasteiger partial charge < -0.3 is 4.74 Å². The van der Waals surface area contributed by atoms with Crippen LogP contribution < -0.4 is 4.74 Å². The maximum absolute atomic E-state index is 6.40. The van der Waals surface area contributed by atoms with Gasteiger partial charge in [0.25, 0.3) is 0 Å². The number of nitrogens with zero attached hydrogens (tertiary/aromatic N) is 3. The minimum Gasteiger partial charge on any atom is -0.456 e. The zero-order valence-corrected chi connectivity index (χ0v) is 26.4. The number of hydrogen-bond acceptors (Lipinski definition) is 5. The van der Waals surface area contributed by atoms with Gasteiger partial charge in [-0.15, -0.1) is 11.3 Å². The summed E-state index contributed by atoms with van der Waals surface area (Å²) >= 11 is 1.78. The second-order valence-electron chi connectivity index (χ2n) is 12.0. The summed E-state index contributed by atoms with van der Waals surface area (Å²) in [5.41, 5.74) is 7.33. The van der Waals surface area contributed by atoms with Crippen LogP contribution in [0.1, 0.15) is 0 Å². The fourth-order valence-corrected chi connectivity index (χ4v) is 8.03. The van der Waals surface area contributed by atoms with E-state index in [-0.39, 0.29) is 0 Å². The first kappa shape index (κ1) is 27.0. The molecule has 1 aliphatic rings. The van der Waals surface area contributed by atoms with Gasteiger partial charge >= 0.3 is 0 Å². The second kappa shape index (κ2) is 10.7. The Hall–Kier alpha value is -6.17. The minimum absolute atomic E-state index is 0.620. The SMILES string of the molecule is c1ccc(-c2ccc(-c3nc(-c4ccc5c(c4)-c4cccc6cccc(c46)O5)nc(-c4cccc5c4sc4ccccc45)n3)cc2)cc1. The van der Waals surface area contributed by atoms with Crippen LogP contribution >= 0.6 is 11.3 Å². The molecule has 4 nitrogen and oxygen atoms in total. The van der Waals surface area contributed by atoms with Crippen molar-refractivity contribution in [2.75, 3.05) is 0 Å². The Balaban J connectivity index is 1.17. The Bertz CT molecular complexity index is 2690. The van der Waals surface area contributed by atoms with Crippen molar-refractivity contribution in [3.05, 3.63) is 152 Å². The van der Waals surface area contributed by atoms with E-state index in [4.69, 9.17) is 19.7 Å². The van der Waals surface area contributed by atoms with Crippen LogP contribution in [0.2, 0.25) is 0 Å². The summed E-state index contributed by atoms with van der Waals surface area (Å²) < 4.78 is 8.81. The minimum atomic E-state index is 0.620. The lowest BCUT2D eigenvalue weighted by molar-refractivity contribution is 0.487. The third-order valence-corrected chi connectivity index (χ3v) is 10.4. The first-order valence-corrected chi connectivity index (χ1v) is 16.8. The average Bonchev–Trinajstić information content (AvgIpc) is 3.54. The van der Waals surface area contributed by atoms with Gasteiger partial charge in [0.2, 0.25) is 0 Å². The summed E-state index contributed by atoms with van der Waals surface area (Å²) in [5, 5.41) is 4.73. The maximum atomic E-state index is 6.40. The molecule has 0 aliphatic carbocycles. The maximum Gasteiger partial charge on any atom is 0.165 e. The van der Waals surface area contributed by atoms with Crippen molar-refractivity contribution in [3.8, 4) is 67.9 Å². The van der Waals surface area contributed by atoms with Crippen molar-refractivity contribution < 1.29 is 4.74 Å². The zero-order chi connectivity index (χ0) is 31.6. The largest absolute Gasteiger partial charge is 0.456 e. The van der Waals surface area contributed by atoms with Gasteiger partial charge in [-0.25, -0.2) is 15.0 Å². The fraction of sp³-hybridized carbons (Fsp3) is 0. The highest BCUT2D eigenvalue weighted by Gasteiger charge is 2.22. The predicted molar refractivity (Wildman–Crippen MR) is 197 cm³/mol. The molecule has 7 aromatic carbocycles. The number of benzene rings is 7. The Morgan fingerprint density at radius 1 is 0.417 bits per heavy atom. The lowest BCUT2D eigenvalue weighted by Crippen LogP contribution is -2.01. The number of hydrogen-bond donors (Lipinski definition) is 0. The Kier molecular flexibility index (Phi) is 6.01. The lowest BCUT2D eigenvalue weighted by atomic mass is 9.93. The van der Waals surface area contributed by atoms with Crippen molar-refractivity contribution in [2.24, 2.45) is 0 Å². The first-order valence-electron chi connectivity index (χ1n) is 15.9. The van der Waals surface area contributed by atoms with E-state index >= 15 is 0 Å². The fourth-order valence-electron chi connectivity index (χ4n) is 6.82. The molecule has 0 amide bonds. The molecule has 10 rings (SSSR count). The standard InChI is InChI=1S/C43H25N3OS/c1-2-9-26(10-3-1)27-19-21-29(22-20-27)41-44-42(46-43(45-41)34-16-8-15-33-31-13-4-5-18-38(31)48-40(33)34)30-23-24-36-35(25-30)32-14-6-11-28-12-7-17-37(47-36)39(28)32/h1-25H. The Morgan fingerprint density at radius 3 is 1.94 bits per heavy atom. The molecule has 48 heavy (non-hydrogen) atoms. The number of ether oxygens (including phenoxy) is 1. The van der Waals surface area contributed by atoms with Crippen LogP contribution in [0, 0.1) is 0 Å². The van der Waals surface area contributed by atoms with Gasteiger partial charge in [-0.05, 0) is 58.5 Å². The quantitative estimate of drug-likeness (QED) is 0.194. The monoisotopic (exact) mass is 631 g/mol. The molecule has 0 N–H and O–H groups in total. The second-order valence-corrected chi connectivity index (χ2v) is 13.1. The van der Waals surface area contributed by atoms with E-state index in [1.165, 1.54) is 25.7 Å². The van der Waals surface area contributed by atoms with Gasteiger partial charge in [-0.2, -0.15) is 0 Å². The zero-order valence-electron chi connectivity index (χ0n) is 25.6. The van der Waals surface area contributed by atoms with E-state index in [1.54, 1.807) is 11.3 Å². The van der Waals surface area contributed by atoms with Gasteiger partial charge in [-0.1, -0.05) is 115 Å². The summed E-state index contributed by atoms with van der Waals surface area (Å²) in [7, 11) is 0. The Labute approximate surface area is 280 Å². The van der Waals surface area contributed by atoms with Crippen molar-refractivity contribution in [2.45, 2.75) is 0 Å². The molecule has 1 aliphatic heterocycles. The van der Waals surface area contributed by atoms with Crippen LogP contribution in [-0.2, 0) is 0 Å². The van der Waals surface area contributed by atoms with E-state index in [0.29, 0.717) is 17.5 Å². The van der Waals surface area contributed by atoms with E-state index in [9.17, 15) is 0 Å². The van der Waals surface area contributed by atoms with Gasteiger partial charge in [0.1, 0.15) is 11.5 Å². The summed E-state index contributed by atoms with van der Waals surface area (Å²) in [4.78, 5) is 15.4. The highest BCUT2D eigenvalue weighted by Crippen LogP contribution is 2.47. The molecule has 224 valence electrons. The number of aromatic nitrogens is 3. The Morgan fingerprint density at radius 2 is 1.06 bits per heavy atom. The lowest BCUT2D eigenvalue weighted by Gasteiger charge is -2.21. The normalized spacial score (nSPS) is 11.9. The molecule has 0 unspecified atom stereocenters. The molecule has 0 fully saturated rings. The molecule has 0 spiro atoms. The molecule has 5 heteroatoms. The smallest absolute Gasteiger partial charge is 0.165 e. The molecule has 3 heterocycles. The predicted octanol–water partition coefficient (Wildman–Crippen LogP) is 11.8. The van der Waals surface area contributed by atoms with Crippen molar-refractivity contribution in [3.63, 3.8) is 0 Å². The third kappa shape index (κ3) is 4.33. The highest BCUT2D eigenvalue weighted by atomic mass is 32.1. The van der Waals surface area contributed by atoms with Gasteiger partial charge in [0.15, 0.2) is 17.5 Å². The van der Waals surface area contributed by atoms with Crippen LogP contribution in [-0.4, -0.2) is 15.0 Å². The van der Waals surface area contributed by atoms with Gasteiger partial charge in [-0.3, -0.25) is 0 Å². The highest BCUT2D eigenvalue weighted by molar-refractivity contribution is 7.26. The van der Waals surface area contributed by atoms with Crippen LogP contribution in [0.25, 0.3) is 87.4 Å². The molecular formula is C43H25N3OS. The van der Waals surface area contributed by atoms with Crippen molar-refractivity contribution in [1.29, 1.82) is 0 Å². The van der Waals surface area contributed by atoms with E-state index < -0.39 is 0 Å². The van der Waals surface area contributed by atoms with Crippen molar-refractivity contribution >= 4 is 42.3 Å². The van der Waals surface area contributed by atoms with Crippen LogP contribution in [0.15, 0.2) is 152 Å². The molecule has 0 bridgehead atoms. The molecule has 0 radical (unpaired) electrons. The number of rotatable bonds is 4. The molecule has 0 saturated heterocycles. The number of fused-ring (bicyclic) bond motifs is 5. The topological polar surface area (TPSA) is 47.9 Å². The average molecular weight is 632 g/mol. The molecule has 0 saturated carbocycles. The van der Waals surface area contributed by atoms with E-state index in [2.05, 4.69) is 121 Å². The molecule has 0 atom stereocenters. The first-order chi connectivity index (χ1) is 23.8. The molecule has 2 aromatic heterocycles. The summed E-state index contributed by atoms with van der Waals surface area (Å²) in [6, 6.07) is 52.7. The summed E-state index contributed by atoms with van der Waals surface area (Å²) in [6.07, 6.45) is 0. The van der Waals surface area contributed by atoms with E-state index in [0.717, 1.165) is 55.7 Å². The molecular weight excluding hydrogens is 607 g/mol. The van der Waals surface area contributed by atoms with Crippen LogP contribution in [0.3, 0.4) is 0 Å². The summed E-state index contributed by atoms with van der Waals surface area (Å²) in [6.45, 7) is 0. The summed E-state index contributed by atoms with van der Waals surface area (Å²) in [5.74, 6) is 3.61. The van der Waals surface area contributed by atoms with Gasteiger partial charge in [0.05, 0.1) is 0 Å². The van der Waals surface area contributed by atoms with Gasteiger partial charge in [0, 0.05) is 47.8 Å². The van der Waals surface area contributed by atoms with Crippen molar-refractivity contribution in [1.82, 2.24) is 15.0 Å².